The number of thioether (sulfide) groups is 1. The lowest BCUT2D eigenvalue weighted by Gasteiger charge is -2.27. The minimum absolute atomic E-state index is 0.167. The van der Waals surface area contributed by atoms with Crippen molar-refractivity contribution in [1.82, 2.24) is 25.0 Å². The summed E-state index contributed by atoms with van der Waals surface area (Å²) in [6, 6.07) is 0.169. The van der Waals surface area contributed by atoms with Crippen LogP contribution in [0.25, 0.3) is 0 Å². The molecule has 1 saturated carbocycles. The third-order valence-electron chi connectivity index (χ3n) is 4.68. The predicted molar refractivity (Wildman–Crippen MR) is 90.2 cm³/mol. The summed E-state index contributed by atoms with van der Waals surface area (Å²) in [5.74, 6) is 1.00. The maximum absolute atomic E-state index is 12.2. The average molecular weight is 350 g/mol. The number of anilines is 1. The molecule has 4 rings (SSSR count). The first-order valence-corrected chi connectivity index (χ1v) is 9.63. The molecule has 3 amide bonds. The van der Waals surface area contributed by atoms with Crippen LogP contribution in [0.15, 0.2) is 5.16 Å². The fourth-order valence-electron chi connectivity index (χ4n) is 3.24. The van der Waals surface area contributed by atoms with E-state index in [9.17, 15) is 9.59 Å². The van der Waals surface area contributed by atoms with Gasteiger partial charge in [-0.3, -0.25) is 14.3 Å². The molecule has 8 nitrogen and oxygen atoms in total. The van der Waals surface area contributed by atoms with Gasteiger partial charge in [-0.05, 0) is 32.1 Å². The number of amides is 3. The normalized spacial score (nSPS) is 21.2. The van der Waals surface area contributed by atoms with E-state index in [1.807, 2.05) is 0 Å². The van der Waals surface area contributed by atoms with Crippen molar-refractivity contribution in [3.05, 3.63) is 0 Å². The van der Waals surface area contributed by atoms with Crippen molar-refractivity contribution in [3.63, 3.8) is 0 Å². The quantitative estimate of drug-likeness (QED) is 0.805. The monoisotopic (exact) mass is 350 g/mol. The zero-order valence-electron chi connectivity index (χ0n) is 13.6. The van der Waals surface area contributed by atoms with Crippen molar-refractivity contribution in [1.29, 1.82) is 0 Å². The summed E-state index contributed by atoms with van der Waals surface area (Å²) in [6.45, 7) is 3.05. The molecule has 24 heavy (non-hydrogen) atoms. The van der Waals surface area contributed by atoms with E-state index in [-0.39, 0.29) is 17.7 Å². The maximum atomic E-state index is 12.2. The number of piperidine rings is 1. The molecule has 1 aliphatic carbocycles. The van der Waals surface area contributed by atoms with E-state index >= 15 is 0 Å². The first-order valence-electron chi connectivity index (χ1n) is 8.65. The van der Waals surface area contributed by atoms with Gasteiger partial charge >= 0.3 is 6.03 Å². The molecule has 0 radical (unpaired) electrons. The van der Waals surface area contributed by atoms with E-state index in [1.54, 1.807) is 0 Å². The Labute approximate surface area is 145 Å². The van der Waals surface area contributed by atoms with Gasteiger partial charge in [0, 0.05) is 32.2 Å². The van der Waals surface area contributed by atoms with E-state index in [2.05, 4.69) is 25.0 Å². The molecule has 0 aromatic carbocycles. The first kappa shape index (κ1) is 15.7. The van der Waals surface area contributed by atoms with Crippen LogP contribution in [0.2, 0.25) is 0 Å². The van der Waals surface area contributed by atoms with Crippen LogP contribution in [-0.4, -0.2) is 63.5 Å². The highest BCUT2D eigenvalue weighted by atomic mass is 32.2. The number of hydrogen-bond donors (Lipinski definition) is 1. The van der Waals surface area contributed by atoms with E-state index in [0.717, 1.165) is 37.0 Å². The largest absolute Gasteiger partial charge is 0.341 e. The van der Waals surface area contributed by atoms with Crippen LogP contribution >= 0.6 is 11.8 Å². The highest BCUT2D eigenvalue weighted by Gasteiger charge is 2.33. The molecule has 1 aromatic heterocycles. The van der Waals surface area contributed by atoms with Crippen LogP contribution in [0.1, 0.15) is 38.1 Å². The summed E-state index contributed by atoms with van der Waals surface area (Å²) in [7, 11) is 0. The second kappa shape index (κ2) is 6.62. The van der Waals surface area contributed by atoms with Gasteiger partial charge in [0.1, 0.15) is 0 Å². The summed E-state index contributed by atoms with van der Waals surface area (Å²) in [6.07, 6.45) is 5.97. The standard InChI is InChI=1S/C15H22N6O2S/c22-12(20-9-6-16-14(20)23)10-24-15-18-17-13(21(15)11-4-5-11)19-7-2-1-3-8-19/h11H,1-10H2,(H,16,23). The number of nitrogens with zero attached hydrogens (tertiary/aromatic N) is 5. The first-order chi connectivity index (χ1) is 11.7. The van der Waals surface area contributed by atoms with Crippen molar-refractivity contribution in [2.75, 3.05) is 36.8 Å². The van der Waals surface area contributed by atoms with Crippen LogP contribution < -0.4 is 10.2 Å². The molecule has 2 aliphatic heterocycles. The highest BCUT2D eigenvalue weighted by Crippen LogP contribution is 2.41. The average Bonchev–Trinajstić information content (AvgIpc) is 3.21. The van der Waals surface area contributed by atoms with E-state index in [1.165, 1.54) is 35.9 Å². The zero-order chi connectivity index (χ0) is 16.5. The van der Waals surface area contributed by atoms with Crippen LogP contribution in [0, 0.1) is 0 Å². The number of nitrogens with one attached hydrogen (secondary N) is 1. The molecule has 3 aliphatic rings. The highest BCUT2D eigenvalue weighted by molar-refractivity contribution is 7.99. The van der Waals surface area contributed by atoms with Gasteiger partial charge in [-0.2, -0.15) is 0 Å². The SMILES string of the molecule is O=C(CSc1nnc(N2CCCCC2)n1C1CC1)N1CCNC1=O. The van der Waals surface area contributed by atoms with Gasteiger partial charge < -0.3 is 10.2 Å². The maximum Gasteiger partial charge on any atom is 0.324 e. The summed E-state index contributed by atoms with van der Waals surface area (Å²) in [4.78, 5) is 27.4. The van der Waals surface area contributed by atoms with Crippen molar-refractivity contribution in [2.45, 2.75) is 43.3 Å². The Hall–Kier alpha value is -1.77. The van der Waals surface area contributed by atoms with Crippen molar-refractivity contribution in [2.24, 2.45) is 0 Å². The van der Waals surface area contributed by atoms with Gasteiger partial charge in [0.2, 0.25) is 11.9 Å². The molecule has 0 bridgehead atoms. The van der Waals surface area contributed by atoms with Crippen LogP contribution in [-0.2, 0) is 4.79 Å². The van der Waals surface area contributed by atoms with Crippen LogP contribution in [0.3, 0.4) is 0 Å². The fourth-order valence-corrected chi connectivity index (χ4v) is 4.12. The van der Waals surface area contributed by atoms with Crippen molar-refractivity contribution >= 4 is 29.6 Å². The van der Waals surface area contributed by atoms with Crippen LogP contribution in [0.5, 0.6) is 0 Å². The lowest BCUT2D eigenvalue weighted by atomic mass is 10.1. The smallest absolute Gasteiger partial charge is 0.324 e. The van der Waals surface area contributed by atoms with Gasteiger partial charge in [0.15, 0.2) is 5.16 Å². The fraction of sp³-hybridized carbons (Fsp3) is 0.733. The number of carbonyl (C=O) groups is 2. The second-order valence-corrected chi connectivity index (χ2v) is 7.44. The molecule has 1 aromatic rings. The summed E-state index contributed by atoms with van der Waals surface area (Å²) in [5, 5.41) is 12.2. The van der Waals surface area contributed by atoms with Gasteiger partial charge in [0.25, 0.3) is 0 Å². The zero-order valence-corrected chi connectivity index (χ0v) is 14.4. The van der Waals surface area contributed by atoms with Crippen molar-refractivity contribution in [3.8, 4) is 0 Å². The second-order valence-electron chi connectivity index (χ2n) is 6.50. The lowest BCUT2D eigenvalue weighted by Crippen LogP contribution is -2.35. The minimum Gasteiger partial charge on any atom is -0.341 e. The summed E-state index contributed by atoms with van der Waals surface area (Å²) in [5.41, 5.74) is 0. The minimum atomic E-state index is -0.293. The van der Waals surface area contributed by atoms with Crippen LogP contribution in [0.4, 0.5) is 10.7 Å². The number of hydrogen-bond acceptors (Lipinski definition) is 6. The third-order valence-corrected chi connectivity index (χ3v) is 5.61. The molecule has 3 heterocycles. The molecule has 3 fully saturated rings. The molecule has 0 atom stereocenters. The Morgan fingerprint density at radius 3 is 2.62 bits per heavy atom. The third kappa shape index (κ3) is 3.09. The topological polar surface area (TPSA) is 83.4 Å². The van der Waals surface area contributed by atoms with E-state index in [0.29, 0.717) is 19.1 Å². The number of imide groups is 1. The number of rotatable bonds is 5. The Bertz CT molecular complexity index is 638. The number of aromatic nitrogens is 3. The van der Waals surface area contributed by atoms with Gasteiger partial charge in [-0.1, -0.05) is 11.8 Å². The molecule has 130 valence electrons. The predicted octanol–water partition coefficient (Wildman–Crippen LogP) is 1.25. The van der Waals surface area contributed by atoms with E-state index < -0.39 is 0 Å². The Morgan fingerprint density at radius 1 is 1.17 bits per heavy atom. The van der Waals surface area contributed by atoms with E-state index in [4.69, 9.17) is 0 Å². The number of carbonyl (C=O) groups excluding carboxylic acids is 2. The van der Waals surface area contributed by atoms with Gasteiger partial charge in [0.05, 0.1) is 5.75 Å². The Balaban J connectivity index is 1.46. The molecule has 1 N–H and O–H groups in total. The molecule has 2 saturated heterocycles. The molecular formula is C15H22N6O2S. The molecule has 9 heteroatoms. The Morgan fingerprint density at radius 2 is 1.96 bits per heavy atom. The number of urea groups is 1. The molecular weight excluding hydrogens is 328 g/mol. The summed E-state index contributed by atoms with van der Waals surface area (Å²) < 4.78 is 2.20. The van der Waals surface area contributed by atoms with Gasteiger partial charge in [-0.15, -0.1) is 10.2 Å². The lowest BCUT2D eigenvalue weighted by molar-refractivity contribution is -0.124. The summed E-state index contributed by atoms with van der Waals surface area (Å²) >= 11 is 1.39. The molecule has 0 spiro atoms. The Kier molecular flexibility index (Phi) is 4.34. The van der Waals surface area contributed by atoms with Crippen molar-refractivity contribution < 1.29 is 9.59 Å². The van der Waals surface area contributed by atoms with Gasteiger partial charge in [-0.25, -0.2) is 4.79 Å². The molecule has 0 unspecified atom stereocenters.